The van der Waals surface area contributed by atoms with Gasteiger partial charge in [-0.15, -0.1) is 0 Å². The van der Waals surface area contributed by atoms with Crippen LogP contribution in [-0.4, -0.2) is 56.8 Å². The summed E-state index contributed by atoms with van der Waals surface area (Å²) in [5, 5.41) is 0. The topological polar surface area (TPSA) is 58.4 Å². The average molecular weight is 469 g/mol. The van der Waals surface area contributed by atoms with Crippen molar-refractivity contribution in [3.05, 3.63) is 53.9 Å². The predicted octanol–water partition coefficient (Wildman–Crippen LogP) is 4.40. The lowest BCUT2D eigenvalue weighted by atomic mass is 9.83. The van der Waals surface area contributed by atoms with Crippen molar-refractivity contribution in [3.63, 3.8) is 0 Å². The van der Waals surface area contributed by atoms with E-state index in [-0.39, 0.29) is 30.1 Å². The highest BCUT2D eigenvalue weighted by Crippen LogP contribution is 2.31. The van der Waals surface area contributed by atoms with Crippen molar-refractivity contribution in [1.82, 2.24) is 19.4 Å². The van der Waals surface area contributed by atoms with Gasteiger partial charge >= 0.3 is 0 Å². The Morgan fingerprint density at radius 3 is 2.56 bits per heavy atom. The molecule has 2 fully saturated rings. The van der Waals surface area contributed by atoms with Crippen molar-refractivity contribution < 1.29 is 14.0 Å². The van der Waals surface area contributed by atoms with E-state index in [1.165, 1.54) is 6.07 Å². The van der Waals surface area contributed by atoms with Gasteiger partial charge in [0.1, 0.15) is 11.6 Å². The van der Waals surface area contributed by atoms with E-state index in [1.54, 1.807) is 18.2 Å². The molecule has 7 heteroatoms. The van der Waals surface area contributed by atoms with Gasteiger partial charge in [0.15, 0.2) is 0 Å². The Kier molecular flexibility index (Phi) is 8.01. The van der Waals surface area contributed by atoms with Gasteiger partial charge in [0.2, 0.25) is 11.8 Å². The van der Waals surface area contributed by atoms with E-state index in [4.69, 9.17) is 0 Å². The highest BCUT2D eigenvalue weighted by Gasteiger charge is 2.35. The van der Waals surface area contributed by atoms with Gasteiger partial charge in [-0.05, 0) is 49.7 Å². The van der Waals surface area contributed by atoms with Gasteiger partial charge in [-0.3, -0.25) is 9.59 Å². The molecule has 6 nitrogen and oxygen atoms in total. The zero-order valence-corrected chi connectivity index (χ0v) is 20.5. The molecular weight excluding hydrogens is 431 g/mol. The minimum absolute atomic E-state index is 0.0126. The molecule has 184 valence electrons. The third kappa shape index (κ3) is 5.68. The van der Waals surface area contributed by atoms with Crippen LogP contribution in [0.1, 0.15) is 69.7 Å². The Balaban J connectivity index is 1.31. The number of halogens is 1. The smallest absolute Gasteiger partial charge is 0.227 e. The summed E-state index contributed by atoms with van der Waals surface area (Å²) in [4.78, 5) is 34.4. The monoisotopic (exact) mass is 468 g/mol. The predicted molar refractivity (Wildman–Crippen MR) is 130 cm³/mol. The molecule has 2 aliphatic rings. The molecule has 3 heterocycles. The van der Waals surface area contributed by atoms with Crippen LogP contribution in [0.4, 0.5) is 4.39 Å². The van der Waals surface area contributed by atoms with E-state index in [9.17, 15) is 14.0 Å². The lowest BCUT2D eigenvalue weighted by Gasteiger charge is -2.44. The van der Waals surface area contributed by atoms with Crippen molar-refractivity contribution in [3.8, 4) is 0 Å². The molecular formula is C27H37FN4O2. The summed E-state index contributed by atoms with van der Waals surface area (Å²) < 4.78 is 16.0. The Labute approximate surface area is 202 Å². The number of benzene rings is 1. The zero-order chi connectivity index (χ0) is 24.1. The molecule has 1 aromatic carbocycles. The van der Waals surface area contributed by atoms with Crippen LogP contribution in [0.3, 0.4) is 0 Å². The fourth-order valence-corrected chi connectivity index (χ4v) is 5.58. The lowest BCUT2D eigenvalue weighted by Crippen LogP contribution is -2.51. The number of piperidine rings is 2. The quantitative estimate of drug-likeness (QED) is 0.605. The van der Waals surface area contributed by atoms with Gasteiger partial charge in [0, 0.05) is 57.0 Å². The van der Waals surface area contributed by atoms with Crippen LogP contribution in [0.15, 0.2) is 36.7 Å². The molecule has 34 heavy (non-hydrogen) atoms. The Morgan fingerprint density at radius 1 is 1.06 bits per heavy atom. The summed E-state index contributed by atoms with van der Waals surface area (Å²) in [6.45, 7) is 7.10. The van der Waals surface area contributed by atoms with Gasteiger partial charge < -0.3 is 14.4 Å². The molecule has 1 aromatic heterocycles. The molecule has 0 bridgehead atoms. The second-order valence-electron chi connectivity index (χ2n) is 10.0. The largest absolute Gasteiger partial charge is 0.342 e. The summed E-state index contributed by atoms with van der Waals surface area (Å²) in [7, 11) is 0. The summed E-state index contributed by atoms with van der Waals surface area (Å²) in [5.41, 5.74) is 0.456. The highest BCUT2D eigenvalue weighted by atomic mass is 19.1. The Bertz CT molecular complexity index is 981. The van der Waals surface area contributed by atoms with Crippen molar-refractivity contribution in [2.24, 2.45) is 5.92 Å². The molecule has 1 atom stereocenters. The third-order valence-electron chi connectivity index (χ3n) is 7.44. The molecule has 2 saturated heterocycles. The number of hydrogen-bond acceptors (Lipinski definition) is 3. The second kappa shape index (κ2) is 11.2. The van der Waals surface area contributed by atoms with Crippen LogP contribution in [0.5, 0.6) is 0 Å². The minimum Gasteiger partial charge on any atom is -0.342 e. The summed E-state index contributed by atoms with van der Waals surface area (Å²) in [5.74, 6) is 1.67. The van der Waals surface area contributed by atoms with E-state index in [0.29, 0.717) is 43.5 Å². The maximum atomic E-state index is 13.9. The molecule has 2 aliphatic heterocycles. The third-order valence-corrected chi connectivity index (χ3v) is 7.44. The van der Waals surface area contributed by atoms with E-state index in [1.807, 2.05) is 17.3 Å². The Morgan fingerprint density at radius 2 is 1.82 bits per heavy atom. The first-order valence-corrected chi connectivity index (χ1v) is 12.8. The molecule has 2 amide bonds. The maximum Gasteiger partial charge on any atom is 0.227 e. The molecule has 0 saturated carbocycles. The summed E-state index contributed by atoms with van der Waals surface area (Å²) in [6, 6.07) is 6.75. The number of likely N-dealkylation sites (tertiary alicyclic amines) is 2. The zero-order valence-electron chi connectivity index (χ0n) is 20.5. The van der Waals surface area contributed by atoms with E-state index in [2.05, 4.69) is 28.3 Å². The first-order valence-electron chi connectivity index (χ1n) is 12.8. The number of imidazole rings is 1. The molecule has 0 radical (unpaired) electrons. The van der Waals surface area contributed by atoms with Crippen LogP contribution in [0.2, 0.25) is 0 Å². The van der Waals surface area contributed by atoms with Gasteiger partial charge in [-0.2, -0.15) is 0 Å². The van der Waals surface area contributed by atoms with Crippen molar-refractivity contribution in [1.29, 1.82) is 0 Å². The number of aryl methyl sites for hydroxylation is 1. The number of amides is 2. The molecule has 0 aliphatic carbocycles. The van der Waals surface area contributed by atoms with Crippen LogP contribution < -0.4 is 0 Å². The fourth-order valence-electron chi connectivity index (χ4n) is 5.58. The van der Waals surface area contributed by atoms with Crippen LogP contribution in [0.25, 0.3) is 0 Å². The van der Waals surface area contributed by atoms with Crippen molar-refractivity contribution in [2.75, 3.05) is 19.6 Å². The molecule has 0 spiro atoms. The van der Waals surface area contributed by atoms with Crippen molar-refractivity contribution in [2.45, 2.75) is 77.3 Å². The molecule has 4 rings (SSSR count). The Hall–Kier alpha value is -2.70. The SMILES string of the molecule is CC(C)c1nccn1CCC(=O)N1CCCC[C@H]1C1CCN(C(=O)Cc2ccccc2F)CC1. The number of aromatic nitrogens is 2. The molecule has 2 aromatic rings. The maximum absolute atomic E-state index is 13.9. The fraction of sp³-hybridized carbons (Fsp3) is 0.593. The van der Waals surface area contributed by atoms with Crippen LogP contribution in [-0.2, 0) is 22.6 Å². The van der Waals surface area contributed by atoms with E-state index >= 15 is 0 Å². The van der Waals surface area contributed by atoms with Gasteiger partial charge in [0.25, 0.3) is 0 Å². The van der Waals surface area contributed by atoms with E-state index < -0.39 is 0 Å². The number of hydrogen-bond donors (Lipinski definition) is 0. The van der Waals surface area contributed by atoms with Crippen LogP contribution in [0, 0.1) is 11.7 Å². The second-order valence-corrected chi connectivity index (χ2v) is 10.0. The standard InChI is InChI=1S/C27H37FN4O2/c1-20(2)27-29-13-18-31(27)17-12-25(33)32-14-6-5-9-24(32)21-10-15-30(16-11-21)26(34)19-22-7-3-4-8-23(22)28/h3-4,7-8,13,18,20-21,24H,5-6,9-12,14-17,19H2,1-2H3/t24-/m0/s1. The van der Waals surface area contributed by atoms with Gasteiger partial charge in [0.05, 0.1) is 6.42 Å². The number of rotatable bonds is 7. The first kappa shape index (κ1) is 24.4. The van der Waals surface area contributed by atoms with Gasteiger partial charge in [-0.25, -0.2) is 9.37 Å². The lowest BCUT2D eigenvalue weighted by molar-refractivity contribution is -0.139. The normalized spacial score (nSPS) is 19.6. The molecule has 0 unspecified atom stereocenters. The van der Waals surface area contributed by atoms with E-state index in [0.717, 1.165) is 44.5 Å². The van der Waals surface area contributed by atoms with Crippen LogP contribution >= 0.6 is 0 Å². The summed E-state index contributed by atoms with van der Waals surface area (Å²) >= 11 is 0. The first-order chi connectivity index (χ1) is 16.4. The number of carbonyl (C=O) groups is 2. The number of nitrogens with zero attached hydrogens (tertiary/aromatic N) is 4. The number of carbonyl (C=O) groups excluding carboxylic acids is 2. The average Bonchev–Trinajstić information content (AvgIpc) is 3.33. The minimum atomic E-state index is -0.321. The highest BCUT2D eigenvalue weighted by molar-refractivity contribution is 5.79. The molecule has 0 N–H and O–H groups in total. The summed E-state index contributed by atoms with van der Waals surface area (Å²) in [6.07, 6.45) is 9.43. The van der Waals surface area contributed by atoms with Gasteiger partial charge in [-0.1, -0.05) is 32.0 Å². The van der Waals surface area contributed by atoms with Crippen molar-refractivity contribution >= 4 is 11.8 Å².